The van der Waals surface area contributed by atoms with E-state index in [1.807, 2.05) is 0 Å². The van der Waals surface area contributed by atoms with Gasteiger partial charge in [0, 0.05) is 17.7 Å². The number of non-ortho nitro benzene ring substituents is 1. The first-order valence-corrected chi connectivity index (χ1v) is 4.10. The first kappa shape index (κ1) is 7.72. The lowest BCUT2D eigenvalue weighted by Crippen LogP contribution is -2.14. The van der Waals surface area contributed by atoms with Crippen molar-refractivity contribution in [3.8, 4) is 5.75 Å². The summed E-state index contributed by atoms with van der Waals surface area (Å²) in [5.74, 6) is 0.661. The maximum atomic E-state index is 10.5. The van der Waals surface area contributed by atoms with E-state index in [-0.39, 0.29) is 11.9 Å². The highest BCUT2D eigenvalue weighted by atomic mass is 16.9. The first-order valence-electron chi connectivity index (χ1n) is 4.10. The fraction of sp³-hybridized carbons (Fsp3) is 0.250. The number of nitro groups is 1. The van der Waals surface area contributed by atoms with Crippen LogP contribution in [0.3, 0.4) is 0 Å². The van der Waals surface area contributed by atoms with Crippen molar-refractivity contribution in [3.05, 3.63) is 33.9 Å². The summed E-state index contributed by atoms with van der Waals surface area (Å²) in [6.45, 7) is 0.384. The van der Waals surface area contributed by atoms with E-state index in [4.69, 9.17) is 9.57 Å². The molecule has 0 bridgehead atoms. The van der Waals surface area contributed by atoms with Crippen molar-refractivity contribution in [3.63, 3.8) is 0 Å². The summed E-state index contributed by atoms with van der Waals surface area (Å²) in [5, 5.41) is 12.1. The van der Waals surface area contributed by atoms with Crippen molar-refractivity contribution in [2.75, 3.05) is 6.73 Å². The van der Waals surface area contributed by atoms with Crippen molar-refractivity contribution in [2.24, 2.45) is 0 Å². The lowest BCUT2D eigenvalue weighted by molar-refractivity contribution is -0.385. The van der Waals surface area contributed by atoms with Crippen LogP contribution in [-0.2, 0) is 4.84 Å². The summed E-state index contributed by atoms with van der Waals surface area (Å²) in [4.78, 5) is 15.2. The minimum Gasteiger partial charge on any atom is -0.475 e. The lowest BCUT2D eigenvalue weighted by Gasteiger charge is -2.12. The van der Waals surface area contributed by atoms with Gasteiger partial charge < -0.3 is 4.74 Å². The lowest BCUT2D eigenvalue weighted by atomic mass is 10.1. The van der Waals surface area contributed by atoms with E-state index in [0.29, 0.717) is 12.5 Å². The second-order valence-electron chi connectivity index (χ2n) is 3.13. The number of rotatable bonds is 1. The number of hydrogen-bond acceptors (Lipinski definition) is 5. The SMILES string of the molecule is O=[N+]([O-])c1ccc2c(c1)C1ON1CO2. The molecule has 1 aromatic rings. The maximum Gasteiger partial charge on any atom is 0.270 e. The molecule has 1 fully saturated rings. The van der Waals surface area contributed by atoms with Gasteiger partial charge in [0.15, 0.2) is 13.0 Å². The van der Waals surface area contributed by atoms with Gasteiger partial charge in [-0.2, -0.15) is 0 Å². The van der Waals surface area contributed by atoms with Crippen LogP contribution >= 0.6 is 0 Å². The summed E-state index contributed by atoms with van der Waals surface area (Å²) in [7, 11) is 0. The molecule has 0 saturated carbocycles. The number of benzene rings is 1. The maximum absolute atomic E-state index is 10.5. The molecule has 0 radical (unpaired) electrons. The van der Waals surface area contributed by atoms with Crippen LogP contribution in [0.4, 0.5) is 5.69 Å². The van der Waals surface area contributed by atoms with E-state index >= 15 is 0 Å². The van der Waals surface area contributed by atoms with Gasteiger partial charge in [0.1, 0.15) is 5.75 Å². The average molecular weight is 194 g/mol. The van der Waals surface area contributed by atoms with Crippen LogP contribution in [-0.4, -0.2) is 16.7 Å². The molecule has 0 amide bonds. The molecule has 6 heteroatoms. The molecule has 0 N–H and O–H groups in total. The molecule has 2 atom stereocenters. The summed E-state index contributed by atoms with van der Waals surface area (Å²) in [5.41, 5.74) is 0.787. The zero-order valence-electron chi connectivity index (χ0n) is 7.04. The van der Waals surface area contributed by atoms with Crippen molar-refractivity contribution in [1.82, 2.24) is 5.06 Å². The highest BCUT2D eigenvalue weighted by molar-refractivity contribution is 5.46. The van der Waals surface area contributed by atoms with Crippen LogP contribution in [0.15, 0.2) is 18.2 Å². The Kier molecular flexibility index (Phi) is 1.34. The number of nitro benzene ring substituents is 1. The predicted octanol–water partition coefficient (Wildman–Crippen LogP) is 1.19. The monoisotopic (exact) mass is 194 g/mol. The van der Waals surface area contributed by atoms with Gasteiger partial charge in [0.25, 0.3) is 5.69 Å². The minimum atomic E-state index is -0.429. The topological polar surface area (TPSA) is 67.9 Å². The molecule has 14 heavy (non-hydrogen) atoms. The fourth-order valence-electron chi connectivity index (χ4n) is 1.52. The number of nitrogens with zero attached hydrogens (tertiary/aromatic N) is 2. The van der Waals surface area contributed by atoms with Crippen molar-refractivity contribution >= 4 is 5.69 Å². The molecule has 0 aromatic heterocycles. The van der Waals surface area contributed by atoms with Gasteiger partial charge in [0.2, 0.25) is 0 Å². The van der Waals surface area contributed by atoms with Crippen molar-refractivity contribution in [1.29, 1.82) is 0 Å². The molecule has 0 aliphatic carbocycles. The van der Waals surface area contributed by atoms with E-state index in [9.17, 15) is 10.1 Å². The normalized spacial score (nSPS) is 27.1. The van der Waals surface area contributed by atoms with E-state index in [0.717, 1.165) is 5.56 Å². The molecule has 2 heterocycles. The third-order valence-electron chi connectivity index (χ3n) is 2.27. The van der Waals surface area contributed by atoms with Crippen LogP contribution in [0.2, 0.25) is 0 Å². The van der Waals surface area contributed by atoms with Crippen molar-refractivity contribution < 1.29 is 14.5 Å². The van der Waals surface area contributed by atoms with Gasteiger partial charge >= 0.3 is 0 Å². The molecule has 2 unspecified atom stereocenters. The molecule has 6 nitrogen and oxygen atoms in total. The van der Waals surface area contributed by atoms with Gasteiger partial charge in [-0.1, -0.05) is 0 Å². The van der Waals surface area contributed by atoms with E-state index in [1.54, 1.807) is 11.1 Å². The van der Waals surface area contributed by atoms with Gasteiger partial charge in [-0.25, -0.2) is 0 Å². The van der Waals surface area contributed by atoms with Crippen LogP contribution in [0.25, 0.3) is 0 Å². The Morgan fingerprint density at radius 2 is 2.43 bits per heavy atom. The summed E-state index contributed by atoms with van der Waals surface area (Å²) in [6, 6.07) is 4.52. The second kappa shape index (κ2) is 2.43. The Hall–Kier alpha value is -1.66. The minimum absolute atomic E-state index is 0.0599. The van der Waals surface area contributed by atoms with Crippen LogP contribution in [0.5, 0.6) is 5.75 Å². The van der Waals surface area contributed by atoms with Crippen LogP contribution in [0.1, 0.15) is 11.8 Å². The molecule has 2 aliphatic rings. The molecule has 3 rings (SSSR count). The number of hydroxylamine groups is 2. The number of fused-ring (bicyclic) bond motifs is 3. The van der Waals surface area contributed by atoms with Gasteiger partial charge in [0.05, 0.1) is 4.92 Å². The Balaban J connectivity index is 2.08. The smallest absolute Gasteiger partial charge is 0.270 e. The van der Waals surface area contributed by atoms with E-state index in [2.05, 4.69) is 0 Å². The molecule has 72 valence electrons. The van der Waals surface area contributed by atoms with Crippen molar-refractivity contribution in [2.45, 2.75) is 6.23 Å². The number of ether oxygens (including phenoxy) is 1. The molecular formula is C8H6N2O4. The van der Waals surface area contributed by atoms with Crippen LogP contribution < -0.4 is 4.74 Å². The standard InChI is InChI=1S/C8H6N2O4/c11-10(12)5-1-2-7-6(3-5)8-9(14-8)4-13-7/h1-3,8H,4H2. The highest BCUT2D eigenvalue weighted by Crippen LogP contribution is 2.45. The predicted molar refractivity (Wildman–Crippen MR) is 44.3 cm³/mol. The average Bonchev–Trinajstić information content (AvgIpc) is 2.95. The second-order valence-corrected chi connectivity index (χ2v) is 3.13. The molecule has 0 spiro atoms. The first-order chi connectivity index (χ1) is 6.75. The highest BCUT2D eigenvalue weighted by Gasteiger charge is 2.44. The largest absolute Gasteiger partial charge is 0.475 e. The Labute approximate surface area is 78.7 Å². The van der Waals surface area contributed by atoms with Gasteiger partial charge in [-0.3, -0.25) is 15.0 Å². The quantitative estimate of drug-likeness (QED) is 0.381. The zero-order valence-corrected chi connectivity index (χ0v) is 7.04. The molecule has 1 saturated heterocycles. The third kappa shape index (κ3) is 0.980. The molecule has 2 aliphatic heterocycles. The van der Waals surface area contributed by atoms with E-state index < -0.39 is 4.92 Å². The summed E-state index contributed by atoms with van der Waals surface area (Å²) < 4.78 is 5.29. The molecular weight excluding hydrogens is 188 g/mol. The fourth-order valence-corrected chi connectivity index (χ4v) is 1.52. The summed E-state index contributed by atoms with van der Waals surface area (Å²) >= 11 is 0. The zero-order chi connectivity index (χ0) is 9.71. The Morgan fingerprint density at radius 1 is 1.57 bits per heavy atom. The Morgan fingerprint density at radius 3 is 3.21 bits per heavy atom. The summed E-state index contributed by atoms with van der Waals surface area (Å²) in [6.07, 6.45) is -0.154. The Bertz CT molecular complexity index is 420. The van der Waals surface area contributed by atoms with E-state index in [1.165, 1.54) is 12.1 Å². The van der Waals surface area contributed by atoms with Gasteiger partial charge in [-0.15, -0.1) is 5.06 Å². The molecule has 1 aromatic carbocycles. The van der Waals surface area contributed by atoms with Crippen LogP contribution in [0, 0.1) is 10.1 Å². The van der Waals surface area contributed by atoms with Gasteiger partial charge in [-0.05, 0) is 6.07 Å². The third-order valence-corrected chi connectivity index (χ3v) is 2.27. The number of hydrogen-bond donors (Lipinski definition) is 0.